The summed E-state index contributed by atoms with van der Waals surface area (Å²) in [5, 5.41) is 0. The van der Waals surface area contributed by atoms with E-state index >= 15 is 0 Å². The third-order valence-corrected chi connectivity index (χ3v) is 6.00. The van der Waals surface area contributed by atoms with E-state index in [2.05, 4.69) is 13.8 Å². The van der Waals surface area contributed by atoms with Gasteiger partial charge in [0.2, 0.25) is 0 Å². The summed E-state index contributed by atoms with van der Waals surface area (Å²) in [5.74, 6) is -1.56. The second-order valence-electron chi connectivity index (χ2n) is 8.45. The van der Waals surface area contributed by atoms with E-state index in [9.17, 15) is 8.78 Å². The number of unbranched alkanes of at least 4 members (excludes halogenated alkanes) is 5. The van der Waals surface area contributed by atoms with Gasteiger partial charge in [0.25, 0.3) is 0 Å². The second-order valence-corrected chi connectivity index (χ2v) is 8.45. The third kappa shape index (κ3) is 6.26. The van der Waals surface area contributed by atoms with Crippen molar-refractivity contribution in [2.75, 3.05) is 0 Å². The topological polar surface area (TPSA) is 0 Å². The van der Waals surface area contributed by atoms with E-state index in [1.54, 1.807) is 12.1 Å². The summed E-state index contributed by atoms with van der Waals surface area (Å²) in [6, 6.07) is 19.1. The Labute approximate surface area is 186 Å². The van der Waals surface area contributed by atoms with Crippen LogP contribution in [-0.2, 0) is 12.8 Å². The van der Waals surface area contributed by atoms with E-state index in [-0.39, 0.29) is 0 Å². The highest BCUT2D eigenvalue weighted by molar-refractivity contribution is 5.72. The Bertz CT molecular complexity index is 940. The number of hydrogen-bond acceptors (Lipinski definition) is 0. The molecule has 0 aliphatic rings. The first-order chi connectivity index (χ1) is 15.1. The molecule has 0 saturated carbocycles. The molecule has 0 nitrogen and oxygen atoms in total. The van der Waals surface area contributed by atoms with Crippen molar-refractivity contribution in [2.24, 2.45) is 0 Å². The molecule has 0 unspecified atom stereocenters. The van der Waals surface area contributed by atoms with Crippen LogP contribution in [0.3, 0.4) is 0 Å². The molecule has 0 heterocycles. The van der Waals surface area contributed by atoms with Crippen molar-refractivity contribution >= 4 is 0 Å². The molecule has 0 saturated heterocycles. The fourth-order valence-electron chi connectivity index (χ4n) is 4.03. The number of halogens is 2. The lowest BCUT2D eigenvalue weighted by atomic mass is 9.96. The molecule has 0 spiro atoms. The Hall–Kier alpha value is -2.48. The molecule has 2 heteroatoms. The summed E-state index contributed by atoms with van der Waals surface area (Å²) < 4.78 is 29.9. The lowest BCUT2D eigenvalue weighted by Gasteiger charge is -2.11. The van der Waals surface area contributed by atoms with Gasteiger partial charge >= 0.3 is 0 Å². The van der Waals surface area contributed by atoms with E-state index in [1.165, 1.54) is 49.7 Å². The van der Waals surface area contributed by atoms with Crippen molar-refractivity contribution in [1.82, 2.24) is 0 Å². The zero-order valence-electron chi connectivity index (χ0n) is 18.9. The molecular weight excluding hydrogens is 386 g/mol. The largest absolute Gasteiger partial charge is 0.203 e. The van der Waals surface area contributed by atoms with E-state index < -0.39 is 11.6 Å². The quantitative estimate of drug-likeness (QED) is 0.271. The highest BCUT2D eigenvalue weighted by Gasteiger charge is 2.16. The predicted octanol–water partition coefficient (Wildman–Crippen LogP) is 9.15. The first kappa shape index (κ1) is 23.2. The Kier molecular flexibility index (Phi) is 8.82. The van der Waals surface area contributed by atoms with E-state index in [4.69, 9.17) is 0 Å². The molecule has 0 amide bonds. The van der Waals surface area contributed by atoms with Crippen molar-refractivity contribution < 1.29 is 8.78 Å². The first-order valence-corrected chi connectivity index (χ1v) is 11.8. The normalized spacial score (nSPS) is 11.1. The molecule has 3 aromatic rings. The fraction of sp³-hybridized carbons (Fsp3) is 0.379. The van der Waals surface area contributed by atoms with E-state index in [1.807, 2.05) is 48.5 Å². The average Bonchev–Trinajstić information content (AvgIpc) is 2.80. The summed E-state index contributed by atoms with van der Waals surface area (Å²) >= 11 is 0. The molecule has 0 N–H and O–H groups in total. The van der Waals surface area contributed by atoms with Gasteiger partial charge in [-0.2, -0.15) is 0 Å². The smallest absolute Gasteiger partial charge is 0.167 e. The van der Waals surface area contributed by atoms with Crippen LogP contribution in [0.25, 0.3) is 22.3 Å². The molecule has 0 radical (unpaired) electrons. The summed E-state index contributed by atoms with van der Waals surface area (Å²) in [6.07, 6.45) is 10.5. The summed E-state index contributed by atoms with van der Waals surface area (Å²) in [4.78, 5) is 0. The molecule has 31 heavy (non-hydrogen) atoms. The Morgan fingerprint density at radius 1 is 0.484 bits per heavy atom. The van der Waals surface area contributed by atoms with Crippen molar-refractivity contribution in [2.45, 2.75) is 71.6 Å². The van der Waals surface area contributed by atoms with Gasteiger partial charge in [-0.05, 0) is 47.9 Å². The van der Waals surface area contributed by atoms with Crippen LogP contribution in [0.1, 0.15) is 69.9 Å². The Balaban J connectivity index is 1.73. The lowest BCUT2D eigenvalue weighted by Crippen LogP contribution is -1.95. The molecule has 164 valence electrons. The SMILES string of the molecule is CCCCCCc1ccc(-c2ccc(-c3ccc(CCCCC)cc3)c(F)c2F)cc1. The monoisotopic (exact) mass is 420 g/mol. The fourth-order valence-corrected chi connectivity index (χ4v) is 4.03. The van der Waals surface area contributed by atoms with Crippen LogP contribution >= 0.6 is 0 Å². The first-order valence-electron chi connectivity index (χ1n) is 11.8. The maximum absolute atomic E-state index is 14.9. The van der Waals surface area contributed by atoms with Crippen molar-refractivity contribution in [1.29, 1.82) is 0 Å². The van der Waals surface area contributed by atoms with Crippen LogP contribution in [-0.4, -0.2) is 0 Å². The van der Waals surface area contributed by atoms with Gasteiger partial charge in [-0.25, -0.2) is 8.78 Å². The zero-order chi connectivity index (χ0) is 22.1. The number of aryl methyl sites for hydroxylation is 2. The highest BCUT2D eigenvalue weighted by Crippen LogP contribution is 2.32. The standard InChI is InChI=1S/C29H34F2/c1-3-5-7-9-11-23-14-18-25(19-15-23)27-21-20-26(28(30)29(27)31)24-16-12-22(13-17-24)10-8-6-4-2/h12-21H,3-11H2,1-2H3. The molecule has 0 aromatic heterocycles. The van der Waals surface area contributed by atoms with Crippen LogP contribution < -0.4 is 0 Å². The molecule has 3 aromatic carbocycles. The van der Waals surface area contributed by atoms with Gasteiger partial charge in [0.15, 0.2) is 11.6 Å². The summed E-state index contributed by atoms with van der Waals surface area (Å²) in [5.41, 5.74) is 4.54. The van der Waals surface area contributed by atoms with Crippen molar-refractivity contribution in [3.05, 3.63) is 83.4 Å². The predicted molar refractivity (Wildman–Crippen MR) is 128 cm³/mol. The van der Waals surface area contributed by atoms with Crippen LogP contribution in [0, 0.1) is 11.6 Å². The third-order valence-electron chi connectivity index (χ3n) is 6.00. The number of benzene rings is 3. The van der Waals surface area contributed by atoms with Crippen LogP contribution in [0.4, 0.5) is 8.78 Å². The van der Waals surface area contributed by atoms with Crippen molar-refractivity contribution in [3.8, 4) is 22.3 Å². The Morgan fingerprint density at radius 2 is 0.871 bits per heavy atom. The number of rotatable bonds is 11. The zero-order valence-corrected chi connectivity index (χ0v) is 18.9. The summed E-state index contributed by atoms with van der Waals surface area (Å²) in [6.45, 7) is 4.39. The minimum absolute atomic E-state index is 0.314. The molecule has 0 aliphatic carbocycles. The highest BCUT2D eigenvalue weighted by atomic mass is 19.2. The molecule has 0 aliphatic heterocycles. The van der Waals surface area contributed by atoms with Crippen molar-refractivity contribution in [3.63, 3.8) is 0 Å². The van der Waals surface area contributed by atoms with Gasteiger partial charge in [-0.15, -0.1) is 0 Å². The van der Waals surface area contributed by atoms with Gasteiger partial charge in [0.1, 0.15) is 0 Å². The van der Waals surface area contributed by atoms with Crippen LogP contribution in [0.5, 0.6) is 0 Å². The maximum atomic E-state index is 14.9. The second kappa shape index (κ2) is 11.8. The molecular formula is C29H34F2. The minimum Gasteiger partial charge on any atom is -0.203 e. The molecule has 3 rings (SSSR count). The number of hydrogen-bond donors (Lipinski definition) is 0. The van der Waals surface area contributed by atoms with E-state index in [0.29, 0.717) is 22.3 Å². The van der Waals surface area contributed by atoms with Gasteiger partial charge in [0.05, 0.1) is 0 Å². The summed E-state index contributed by atoms with van der Waals surface area (Å²) in [7, 11) is 0. The lowest BCUT2D eigenvalue weighted by molar-refractivity contribution is 0.514. The minimum atomic E-state index is -0.778. The molecule has 0 fully saturated rings. The molecule has 0 atom stereocenters. The maximum Gasteiger partial charge on any atom is 0.167 e. The van der Waals surface area contributed by atoms with Gasteiger partial charge < -0.3 is 0 Å². The van der Waals surface area contributed by atoms with Gasteiger partial charge in [0, 0.05) is 11.1 Å². The van der Waals surface area contributed by atoms with Crippen LogP contribution in [0.2, 0.25) is 0 Å². The Morgan fingerprint density at radius 3 is 1.29 bits per heavy atom. The van der Waals surface area contributed by atoms with Gasteiger partial charge in [-0.1, -0.05) is 107 Å². The van der Waals surface area contributed by atoms with E-state index in [0.717, 1.165) is 19.3 Å². The molecule has 0 bridgehead atoms. The average molecular weight is 421 g/mol. The van der Waals surface area contributed by atoms with Gasteiger partial charge in [-0.3, -0.25) is 0 Å². The van der Waals surface area contributed by atoms with Crippen LogP contribution in [0.15, 0.2) is 60.7 Å².